The summed E-state index contributed by atoms with van der Waals surface area (Å²) in [6.45, 7) is 1.38. The maximum atomic E-state index is 14.7. The second-order valence-corrected chi connectivity index (χ2v) is 7.18. The van der Waals surface area contributed by atoms with Gasteiger partial charge in [-0.15, -0.1) is 0 Å². The van der Waals surface area contributed by atoms with Gasteiger partial charge in [-0.1, -0.05) is 6.07 Å². The molecule has 0 spiro atoms. The molecule has 4 rings (SSSR count). The summed E-state index contributed by atoms with van der Waals surface area (Å²) in [5.74, 6) is -1.72. The molecule has 164 valence electrons. The Morgan fingerprint density at radius 2 is 2.03 bits per heavy atom. The normalized spacial score (nSPS) is 14.1. The predicted octanol–water partition coefficient (Wildman–Crippen LogP) is 2.87. The fourth-order valence-electron chi connectivity index (χ4n) is 3.52. The van der Waals surface area contributed by atoms with Crippen LogP contribution in [0.2, 0.25) is 0 Å². The van der Waals surface area contributed by atoms with Crippen LogP contribution in [-0.2, 0) is 12.1 Å². The van der Waals surface area contributed by atoms with Crippen molar-refractivity contribution in [2.24, 2.45) is 0 Å². The summed E-state index contributed by atoms with van der Waals surface area (Å²) in [6, 6.07) is 3.27. The Morgan fingerprint density at radius 3 is 2.72 bits per heavy atom. The first-order valence-corrected chi connectivity index (χ1v) is 9.43. The molecule has 0 unspecified atom stereocenters. The molecule has 0 aliphatic heterocycles. The molecule has 0 saturated carbocycles. The first-order chi connectivity index (χ1) is 15.3. The highest BCUT2D eigenvalue weighted by atomic mass is 19.1. The number of hydrogen-bond acceptors (Lipinski definition) is 7. The van der Waals surface area contributed by atoms with Gasteiger partial charge in [0.05, 0.1) is 29.3 Å². The van der Waals surface area contributed by atoms with Gasteiger partial charge >= 0.3 is 0 Å². The molecule has 0 aliphatic carbocycles. The summed E-state index contributed by atoms with van der Waals surface area (Å²) in [5.41, 5.74) is -1.61. The third kappa shape index (κ3) is 3.83. The lowest BCUT2D eigenvalue weighted by molar-refractivity contribution is -0.384. The smallest absolute Gasteiger partial charge is 0.280 e. The second-order valence-electron chi connectivity index (χ2n) is 7.18. The van der Waals surface area contributed by atoms with Gasteiger partial charge in [-0.25, -0.2) is 18.4 Å². The lowest BCUT2D eigenvalue weighted by Crippen LogP contribution is -2.40. The summed E-state index contributed by atoms with van der Waals surface area (Å²) in [7, 11) is 0. The molecule has 3 heterocycles. The Bertz CT molecular complexity index is 1260. The number of nitro groups is 1. The van der Waals surface area contributed by atoms with E-state index in [0.717, 1.165) is 12.1 Å². The molecule has 1 N–H and O–H groups in total. The van der Waals surface area contributed by atoms with Crippen molar-refractivity contribution in [2.75, 3.05) is 0 Å². The number of pyridine rings is 1. The van der Waals surface area contributed by atoms with Gasteiger partial charge < -0.3 is 5.11 Å². The second kappa shape index (κ2) is 8.23. The Labute approximate surface area is 179 Å². The highest BCUT2D eigenvalue weighted by molar-refractivity contribution is 5.71. The molecule has 12 heteroatoms. The van der Waals surface area contributed by atoms with Gasteiger partial charge in [0, 0.05) is 41.9 Å². The van der Waals surface area contributed by atoms with Gasteiger partial charge in [-0.3, -0.25) is 19.8 Å². The number of halogens is 2. The van der Waals surface area contributed by atoms with Crippen LogP contribution in [-0.4, -0.2) is 39.6 Å². The molecule has 3 aromatic heterocycles. The van der Waals surface area contributed by atoms with E-state index < -0.39 is 28.2 Å². The highest BCUT2D eigenvalue weighted by Crippen LogP contribution is 2.37. The van der Waals surface area contributed by atoms with Crippen molar-refractivity contribution in [1.29, 1.82) is 0 Å². The van der Waals surface area contributed by atoms with Crippen molar-refractivity contribution < 1.29 is 18.8 Å². The molecular weight excluding hydrogens is 424 g/mol. The van der Waals surface area contributed by atoms with Crippen LogP contribution in [0.15, 0.2) is 61.7 Å². The third-order valence-corrected chi connectivity index (χ3v) is 5.26. The zero-order valence-corrected chi connectivity index (χ0v) is 16.7. The molecule has 2 atom stereocenters. The number of nitrogens with zero attached hydrogens (tertiary/aromatic N) is 7. The van der Waals surface area contributed by atoms with E-state index in [1.54, 1.807) is 6.92 Å². The maximum Gasteiger partial charge on any atom is 0.280 e. The molecule has 1 aromatic carbocycles. The first-order valence-electron chi connectivity index (χ1n) is 9.43. The summed E-state index contributed by atoms with van der Waals surface area (Å²) >= 11 is 0. The maximum absolute atomic E-state index is 14.7. The molecule has 0 saturated heterocycles. The van der Waals surface area contributed by atoms with E-state index in [-0.39, 0.29) is 23.4 Å². The van der Waals surface area contributed by atoms with Crippen LogP contribution in [0.4, 0.5) is 14.5 Å². The Balaban J connectivity index is 1.77. The monoisotopic (exact) mass is 441 g/mol. The lowest BCUT2D eigenvalue weighted by atomic mass is 9.86. The van der Waals surface area contributed by atoms with Crippen LogP contribution < -0.4 is 0 Å². The molecule has 0 aliphatic rings. The van der Waals surface area contributed by atoms with Crippen molar-refractivity contribution in [3.63, 3.8) is 0 Å². The van der Waals surface area contributed by atoms with E-state index >= 15 is 0 Å². The summed E-state index contributed by atoms with van der Waals surface area (Å²) in [6.07, 6.45) is 8.14. The molecule has 0 fully saturated rings. The molecule has 0 amide bonds. The molecule has 10 nitrogen and oxygen atoms in total. The standard InChI is InChI=1S/C20H17F2N7O3/c1-13(28-9-14(7-25-28)16-8-23-5-4-19(16)29(31)32)20(30,10-27-12-24-11-26-27)17-3-2-15(21)6-18(17)22/h2-9,11-13,30H,10H2,1H3/t13-,20-/m1/s1. The Morgan fingerprint density at radius 1 is 1.22 bits per heavy atom. The van der Waals surface area contributed by atoms with E-state index in [9.17, 15) is 24.0 Å². The van der Waals surface area contributed by atoms with Crippen molar-refractivity contribution in [2.45, 2.75) is 25.1 Å². The van der Waals surface area contributed by atoms with Crippen molar-refractivity contribution in [3.05, 3.63) is 89.0 Å². The molecule has 0 bridgehead atoms. The number of aliphatic hydroxyl groups is 1. The van der Waals surface area contributed by atoms with E-state index in [1.165, 1.54) is 52.9 Å². The number of benzene rings is 1. The topological polar surface area (TPSA) is 125 Å². The van der Waals surface area contributed by atoms with Crippen LogP contribution in [0.1, 0.15) is 18.5 Å². The van der Waals surface area contributed by atoms with Crippen molar-refractivity contribution in [1.82, 2.24) is 29.5 Å². The number of hydrogen-bond donors (Lipinski definition) is 1. The fraction of sp³-hybridized carbons (Fsp3) is 0.200. The van der Waals surface area contributed by atoms with Crippen molar-refractivity contribution in [3.8, 4) is 11.1 Å². The number of aromatic nitrogens is 6. The quantitative estimate of drug-likeness (QED) is 0.345. The average molecular weight is 441 g/mol. The molecule has 32 heavy (non-hydrogen) atoms. The lowest BCUT2D eigenvalue weighted by Gasteiger charge is -2.34. The van der Waals surface area contributed by atoms with Crippen LogP contribution >= 0.6 is 0 Å². The fourth-order valence-corrected chi connectivity index (χ4v) is 3.52. The zero-order valence-electron chi connectivity index (χ0n) is 16.7. The van der Waals surface area contributed by atoms with Crippen LogP contribution in [0.3, 0.4) is 0 Å². The number of rotatable bonds is 7. The minimum absolute atomic E-state index is 0.158. The van der Waals surface area contributed by atoms with Gasteiger partial charge in [0.25, 0.3) is 5.69 Å². The summed E-state index contributed by atoms with van der Waals surface area (Å²) < 4.78 is 30.9. The van der Waals surface area contributed by atoms with Gasteiger partial charge in [-0.05, 0) is 13.0 Å². The van der Waals surface area contributed by atoms with Crippen LogP contribution in [0.25, 0.3) is 11.1 Å². The van der Waals surface area contributed by atoms with Crippen LogP contribution in [0, 0.1) is 21.7 Å². The average Bonchev–Trinajstić information content (AvgIpc) is 3.45. The Hall–Kier alpha value is -4.06. The zero-order chi connectivity index (χ0) is 22.9. The van der Waals surface area contributed by atoms with Crippen LogP contribution in [0.5, 0.6) is 0 Å². The van der Waals surface area contributed by atoms with Crippen molar-refractivity contribution >= 4 is 5.69 Å². The van der Waals surface area contributed by atoms with E-state index in [2.05, 4.69) is 20.2 Å². The summed E-state index contributed by atoms with van der Waals surface area (Å²) in [5, 5.41) is 31.2. The molecule has 0 radical (unpaired) electrons. The van der Waals surface area contributed by atoms with E-state index in [4.69, 9.17) is 0 Å². The minimum Gasteiger partial charge on any atom is -0.381 e. The van der Waals surface area contributed by atoms with E-state index in [0.29, 0.717) is 11.6 Å². The largest absolute Gasteiger partial charge is 0.381 e. The first kappa shape index (κ1) is 21.2. The Kier molecular flexibility index (Phi) is 5.45. The SMILES string of the molecule is C[C@@H](n1cc(-c2cnccc2[N+](=O)[O-])cn1)[C@](O)(Cn1cncn1)c1ccc(F)cc1F. The molecular formula is C20H17F2N7O3. The van der Waals surface area contributed by atoms with Gasteiger partial charge in [-0.2, -0.15) is 10.2 Å². The summed E-state index contributed by atoms with van der Waals surface area (Å²) in [4.78, 5) is 18.6. The van der Waals surface area contributed by atoms with Gasteiger partial charge in [0.2, 0.25) is 0 Å². The van der Waals surface area contributed by atoms with Gasteiger partial charge in [0.15, 0.2) is 0 Å². The predicted molar refractivity (Wildman–Crippen MR) is 107 cm³/mol. The van der Waals surface area contributed by atoms with Gasteiger partial charge in [0.1, 0.15) is 29.9 Å². The third-order valence-electron chi connectivity index (χ3n) is 5.26. The molecule has 4 aromatic rings. The van der Waals surface area contributed by atoms with E-state index in [1.807, 2.05) is 0 Å². The minimum atomic E-state index is -1.92. The highest BCUT2D eigenvalue weighted by Gasteiger charge is 2.41.